The van der Waals surface area contributed by atoms with E-state index in [0.29, 0.717) is 40.2 Å². The number of esters is 1. The molecule has 0 fully saturated rings. The second kappa shape index (κ2) is 8.92. The minimum Gasteiger partial charge on any atom is -0.493 e. The molecule has 150 valence electrons. The maximum Gasteiger partial charge on any atom is 0.337 e. The Hall–Kier alpha value is -3.81. The van der Waals surface area contributed by atoms with E-state index in [1.54, 1.807) is 45.4 Å². The number of benzene rings is 2. The van der Waals surface area contributed by atoms with Crippen LogP contribution in [0.3, 0.4) is 0 Å². The predicted molar refractivity (Wildman–Crippen MR) is 111 cm³/mol. The Balaban J connectivity index is 1.83. The SMILES string of the molecule is COC(=O)c1cccc(Nc2cc(Nc3ccc(OC)c(OC)c3)nc(C)n2)c1. The normalized spacial score (nSPS) is 10.2. The van der Waals surface area contributed by atoms with Gasteiger partial charge in [-0.05, 0) is 37.3 Å². The van der Waals surface area contributed by atoms with E-state index < -0.39 is 5.97 Å². The van der Waals surface area contributed by atoms with Crippen molar-refractivity contribution in [2.75, 3.05) is 32.0 Å². The molecule has 0 radical (unpaired) electrons. The molecule has 0 aliphatic carbocycles. The summed E-state index contributed by atoms with van der Waals surface area (Å²) in [7, 11) is 4.52. The van der Waals surface area contributed by atoms with Crippen LogP contribution < -0.4 is 20.1 Å². The second-order valence-corrected chi connectivity index (χ2v) is 6.08. The molecule has 0 aliphatic rings. The molecule has 2 N–H and O–H groups in total. The molecule has 0 spiro atoms. The first kappa shape index (κ1) is 19.9. The molecule has 1 heterocycles. The van der Waals surface area contributed by atoms with Crippen LogP contribution in [0.2, 0.25) is 0 Å². The molecular weight excluding hydrogens is 372 g/mol. The summed E-state index contributed by atoms with van der Waals surface area (Å²) in [5.74, 6) is 2.63. The van der Waals surface area contributed by atoms with Crippen molar-refractivity contribution in [2.24, 2.45) is 0 Å². The molecule has 3 rings (SSSR count). The smallest absolute Gasteiger partial charge is 0.337 e. The van der Waals surface area contributed by atoms with Gasteiger partial charge in [0.1, 0.15) is 17.5 Å². The van der Waals surface area contributed by atoms with Crippen LogP contribution in [0.25, 0.3) is 0 Å². The van der Waals surface area contributed by atoms with Crippen molar-refractivity contribution in [3.63, 3.8) is 0 Å². The van der Waals surface area contributed by atoms with Crippen LogP contribution in [0.5, 0.6) is 11.5 Å². The number of ether oxygens (including phenoxy) is 3. The summed E-state index contributed by atoms with van der Waals surface area (Å²) in [5, 5.41) is 6.42. The van der Waals surface area contributed by atoms with Gasteiger partial charge in [0, 0.05) is 23.5 Å². The minimum atomic E-state index is -0.400. The van der Waals surface area contributed by atoms with Gasteiger partial charge in [-0.25, -0.2) is 14.8 Å². The van der Waals surface area contributed by atoms with Crippen molar-refractivity contribution in [2.45, 2.75) is 6.92 Å². The molecule has 1 aromatic heterocycles. The Morgan fingerprint density at radius 2 is 1.48 bits per heavy atom. The number of rotatable bonds is 7. The molecule has 8 nitrogen and oxygen atoms in total. The lowest BCUT2D eigenvalue weighted by atomic mass is 10.2. The fraction of sp³-hybridized carbons (Fsp3) is 0.190. The minimum absolute atomic E-state index is 0.400. The maximum absolute atomic E-state index is 11.7. The van der Waals surface area contributed by atoms with Gasteiger partial charge < -0.3 is 24.8 Å². The van der Waals surface area contributed by atoms with Gasteiger partial charge in [-0.3, -0.25) is 0 Å². The van der Waals surface area contributed by atoms with Crippen LogP contribution in [0.15, 0.2) is 48.5 Å². The summed E-state index contributed by atoms with van der Waals surface area (Å²) in [5.41, 5.74) is 1.95. The molecule has 0 bridgehead atoms. The third-order valence-electron chi connectivity index (χ3n) is 4.05. The Bertz CT molecular complexity index is 1020. The van der Waals surface area contributed by atoms with E-state index in [2.05, 4.69) is 20.6 Å². The highest BCUT2D eigenvalue weighted by Gasteiger charge is 2.09. The number of carbonyl (C=O) groups is 1. The van der Waals surface area contributed by atoms with Crippen molar-refractivity contribution < 1.29 is 19.0 Å². The Kier molecular flexibility index (Phi) is 6.13. The third kappa shape index (κ3) is 4.92. The molecule has 0 saturated carbocycles. The third-order valence-corrected chi connectivity index (χ3v) is 4.05. The van der Waals surface area contributed by atoms with Gasteiger partial charge in [0.25, 0.3) is 0 Å². The molecule has 0 amide bonds. The molecule has 8 heteroatoms. The van der Waals surface area contributed by atoms with Crippen molar-refractivity contribution in [1.82, 2.24) is 9.97 Å². The number of aryl methyl sites for hydroxylation is 1. The summed E-state index contributed by atoms with van der Waals surface area (Å²) in [4.78, 5) is 20.5. The van der Waals surface area contributed by atoms with Crippen molar-refractivity contribution in [3.05, 3.63) is 59.9 Å². The quantitative estimate of drug-likeness (QED) is 0.579. The van der Waals surface area contributed by atoms with Crippen LogP contribution in [0.1, 0.15) is 16.2 Å². The summed E-state index contributed by atoms with van der Waals surface area (Å²) in [6.07, 6.45) is 0. The maximum atomic E-state index is 11.7. The average molecular weight is 394 g/mol. The molecular formula is C21H22N4O4. The van der Waals surface area contributed by atoms with Crippen LogP contribution in [-0.2, 0) is 4.74 Å². The van der Waals surface area contributed by atoms with E-state index in [-0.39, 0.29) is 0 Å². The van der Waals surface area contributed by atoms with Gasteiger partial charge >= 0.3 is 5.97 Å². The number of hydrogen-bond donors (Lipinski definition) is 2. The number of nitrogens with zero attached hydrogens (tertiary/aromatic N) is 2. The first-order valence-electron chi connectivity index (χ1n) is 8.82. The zero-order valence-electron chi connectivity index (χ0n) is 16.6. The van der Waals surface area contributed by atoms with E-state index in [4.69, 9.17) is 14.2 Å². The molecule has 0 unspecified atom stereocenters. The fourth-order valence-corrected chi connectivity index (χ4v) is 2.75. The Morgan fingerprint density at radius 3 is 2.10 bits per heavy atom. The highest BCUT2D eigenvalue weighted by atomic mass is 16.5. The van der Waals surface area contributed by atoms with Gasteiger partial charge in [0.15, 0.2) is 11.5 Å². The fourth-order valence-electron chi connectivity index (χ4n) is 2.75. The molecule has 3 aromatic rings. The summed E-state index contributed by atoms with van der Waals surface area (Å²) in [6, 6.07) is 14.3. The lowest BCUT2D eigenvalue weighted by Gasteiger charge is -2.13. The van der Waals surface area contributed by atoms with E-state index in [1.165, 1.54) is 7.11 Å². The molecule has 0 saturated heterocycles. The average Bonchev–Trinajstić information content (AvgIpc) is 2.72. The standard InChI is InChI=1S/C21H22N4O4/c1-13-22-19(24-15-7-5-6-14(10-15)21(26)29-4)12-20(23-13)25-16-8-9-17(27-2)18(11-16)28-3/h5-12H,1-4H3,(H2,22,23,24,25). The number of carbonyl (C=O) groups excluding carboxylic acids is 1. The monoisotopic (exact) mass is 394 g/mol. The topological polar surface area (TPSA) is 94.6 Å². The van der Waals surface area contributed by atoms with E-state index in [0.717, 1.165) is 5.69 Å². The van der Waals surface area contributed by atoms with Gasteiger partial charge in [0.2, 0.25) is 0 Å². The van der Waals surface area contributed by atoms with Gasteiger partial charge in [-0.2, -0.15) is 0 Å². The van der Waals surface area contributed by atoms with Crippen LogP contribution in [0.4, 0.5) is 23.0 Å². The first-order chi connectivity index (χ1) is 14.0. The zero-order valence-corrected chi connectivity index (χ0v) is 16.6. The lowest BCUT2D eigenvalue weighted by molar-refractivity contribution is 0.0601. The van der Waals surface area contributed by atoms with E-state index >= 15 is 0 Å². The lowest BCUT2D eigenvalue weighted by Crippen LogP contribution is -2.04. The Morgan fingerprint density at radius 1 is 0.828 bits per heavy atom. The van der Waals surface area contributed by atoms with Gasteiger partial charge in [0.05, 0.1) is 26.9 Å². The molecule has 0 atom stereocenters. The number of methoxy groups -OCH3 is 3. The molecule has 0 aliphatic heterocycles. The largest absolute Gasteiger partial charge is 0.493 e. The summed E-state index contributed by atoms with van der Waals surface area (Å²) >= 11 is 0. The van der Waals surface area contributed by atoms with Crippen molar-refractivity contribution in [1.29, 1.82) is 0 Å². The van der Waals surface area contributed by atoms with E-state index in [1.807, 2.05) is 24.3 Å². The highest BCUT2D eigenvalue weighted by Crippen LogP contribution is 2.31. The van der Waals surface area contributed by atoms with Gasteiger partial charge in [-0.15, -0.1) is 0 Å². The predicted octanol–water partition coefficient (Wildman–Crippen LogP) is 4.08. The Labute approximate surface area is 168 Å². The highest BCUT2D eigenvalue weighted by molar-refractivity contribution is 5.90. The van der Waals surface area contributed by atoms with Crippen LogP contribution in [-0.4, -0.2) is 37.3 Å². The summed E-state index contributed by atoms with van der Waals surface area (Å²) in [6.45, 7) is 1.80. The van der Waals surface area contributed by atoms with Crippen molar-refractivity contribution in [3.8, 4) is 11.5 Å². The number of anilines is 4. The number of nitrogens with one attached hydrogen (secondary N) is 2. The van der Waals surface area contributed by atoms with E-state index in [9.17, 15) is 4.79 Å². The van der Waals surface area contributed by atoms with Crippen molar-refractivity contribution >= 4 is 29.0 Å². The number of aromatic nitrogens is 2. The number of hydrogen-bond acceptors (Lipinski definition) is 8. The van der Waals surface area contributed by atoms with Crippen LogP contribution in [0, 0.1) is 6.92 Å². The molecule has 2 aromatic carbocycles. The summed E-state index contributed by atoms with van der Waals surface area (Å²) < 4.78 is 15.4. The zero-order chi connectivity index (χ0) is 20.8. The first-order valence-corrected chi connectivity index (χ1v) is 8.82. The second-order valence-electron chi connectivity index (χ2n) is 6.08. The van der Waals surface area contributed by atoms with Gasteiger partial charge in [-0.1, -0.05) is 6.07 Å². The molecule has 29 heavy (non-hydrogen) atoms. The van der Waals surface area contributed by atoms with Crippen LogP contribution >= 0.6 is 0 Å².